The van der Waals surface area contributed by atoms with Crippen molar-refractivity contribution in [1.82, 2.24) is 20.1 Å². The number of nitrogens with zero attached hydrogens (tertiary/aromatic N) is 3. The Bertz CT molecular complexity index is 913. The lowest BCUT2D eigenvalue weighted by atomic mass is 10.1. The molecule has 0 aliphatic heterocycles. The number of hydrogen-bond donors (Lipinski definition) is 1. The zero-order valence-corrected chi connectivity index (χ0v) is 15.6. The molecule has 3 aromatic rings. The van der Waals surface area contributed by atoms with Crippen LogP contribution in [0.3, 0.4) is 0 Å². The van der Waals surface area contributed by atoms with Gasteiger partial charge in [-0.15, -0.1) is 10.2 Å². The van der Waals surface area contributed by atoms with Crippen LogP contribution in [0.25, 0.3) is 11.0 Å². The van der Waals surface area contributed by atoms with E-state index in [2.05, 4.69) is 15.5 Å². The summed E-state index contributed by atoms with van der Waals surface area (Å²) in [5, 5.41) is 12.0. The Kier molecular flexibility index (Phi) is 5.37. The van der Waals surface area contributed by atoms with Crippen molar-refractivity contribution in [1.29, 1.82) is 0 Å². The van der Waals surface area contributed by atoms with Gasteiger partial charge in [-0.3, -0.25) is 4.79 Å². The summed E-state index contributed by atoms with van der Waals surface area (Å²) in [6, 6.07) is 5.60. The maximum Gasteiger partial charge on any atom is 0.287 e. The van der Waals surface area contributed by atoms with Gasteiger partial charge in [0.15, 0.2) is 11.6 Å². The van der Waals surface area contributed by atoms with Crippen LogP contribution in [0.1, 0.15) is 46.9 Å². The maximum atomic E-state index is 12.7. The van der Waals surface area contributed by atoms with Crippen molar-refractivity contribution in [3.8, 4) is 0 Å². The van der Waals surface area contributed by atoms with Gasteiger partial charge < -0.3 is 19.0 Å². The Morgan fingerprint density at radius 2 is 2.19 bits per heavy atom. The predicted octanol–water partition coefficient (Wildman–Crippen LogP) is 3.17. The summed E-state index contributed by atoms with van der Waals surface area (Å²) in [5.41, 5.74) is 2.69. The van der Waals surface area contributed by atoms with Crippen LogP contribution in [-0.4, -0.2) is 34.4 Å². The standard InChI is InChI=1S/C19H24N4O3/c1-12-6-7-16-15(10-12)13(2)17(26-16)19(24)21-14(3)18-22-20-11-23(18)8-5-9-25-4/h6-7,10-11,14H,5,8-9H2,1-4H3,(H,21,24)/t14-/m0/s1. The highest BCUT2D eigenvalue weighted by atomic mass is 16.5. The average Bonchev–Trinajstić information content (AvgIpc) is 3.20. The van der Waals surface area contributed by atoms with Crippen LogP contribution in [0.4, 0.5) is 0 Å². The smallest absolute Gasteiger partial charge is 0.287 e. The van der Waals surface area contributed by atoms with E-state index in [0.717, 1.165) is 29.5 Å². The number of methoxy groups -OCH3 is 1. The third-order valence-electron chi connectivity index (χ3n) is 4.43. The third kappa shape index (κ3) is 3.62. The van der Waals surface area contributed by atoms with Crippen LogP contribution in [0.5, 0.6) is 0 Å². The van der Waals surface area contributed by atoms with Gasteiger partial charge in [-0.25, -0.2) is 0 Å². The Balaban J connectivity index is 1.76. The summed E-state index contributed by atoms with van der Waals surface area (Å²) in [6.45, 7) is 7.20. The van der Waals surface area contributed by atoms with Gasteiger partial charge in [-0.2, -0.15) is 0 Å². The molecule has 1 amide bonds. The number of benzene rings is 1. The van der Waals surface area contributed by atoms with Crippen LogP contribution in [0.2, 0.25) is 0 Å². The van der Waals surface area contributed by atoms with E-state index in [1.165, 1.54) is 0 Å². The molecule has 1 aromatic carbocycles. The SMILES string of the molecule is COCCCn1cnnc1[C@H](C)NC(=O)c1oc2ccc(C)cc2c1C. The van der Waals surface area contributed by atoms with Crippen molar-refractivity contribution < 1.29 is 13.9 Å². The van der Waals surface area contributed by atoms with E-state index in [0.29, 0.717) is 23.8 Å². The normalized spacial score (nSPS) is 12.5. The molecule has 0 spiro atoms. The van der Waals surface area contributed by atoms with E-state index in [4.69, 9.17) is 9.15 Å². The molecule has 7 nitrogen and oxygen atoms in total. The zero-order valence-electron chi connectivity index (χ0n) is 15.6. The lowest BCUT2D eigenvalue weighted by molar-refractivity contribution is 0.0910. The van der Waals surface area contributed by atoms with Gasteiger partial charge in [0.25, 0.3) is 5.91 Å². The molecule has 0 radical (unpaired) electrons. The zero-order chi connectivity index (χ0) is 18.7. The first-order valence-corrected chi connectivity index (χ1v) is 8.68. The molecule has 0 aliphatic carbocycles. The molecule has 7 heteroatoms. The lowest BCUT2D eigenvalue weighted by Gasteiger charge is -2.14. The predicted molar refractivity (Wildman–Crippen MR) is 98.1 cm³/mol. The van der Waals surface area contributed by atoms with Crippen LogP contribution in [0, 0.1) is 13.8 Å². The van der Waals surface area contributed by atoms with Crippen molar-refractivity contribution in [3.63, 3.8) is 0 Å². The molecular formula is C19H24N4O3. The first kappa shape index (κ1) is 18.1. The van der Waals surface area contributed by atoms with Crippen molar-refractivity contribution >= 4 is 16.9 Å². The molecule has 1 atom stereocenters. The Labute approximate surface area is 152 Å². The molecule has 0 aliphatic rings. The molecule has 26 heavy (non-hydrogen) atoms. The quantitative estimate of drug-likeness (QED) is 0.658. The Morgan fingerprint density at radius 1 is 1.38 bits per heavy atom. The second-order valence-corrected chi connectivity index (χ2v) is 6.48. The minimum Gasteiger partial charge on any atom is -0.451 e. The van der Waals surface area contributed by atoms with E-state index in [1.54, 1.807) is 13.4 Å². The number of rotatable bonds is 7. The number of hydrogen-bond acceptors (Lipinski definition) is 5. The van der Waals surface area contributed by atoms with Crippen molar-refractivity contribution in [2.75, 3.05) is 13.7 Å². The molecule has 0 unspecified atom stereocenters. The number of carbonyl (C=O) groups excluding carboxylic acids is 1. The Hall–Kier alpha value is -2.67. The summed E-state index contributed by atoms with van der Waals surface area (Å²) in [6.07, 6.45) is 2.52. The third-order valence-corrected chi connectivity index (χ3v) is 4.43. The fourth-order valence-electron chi connectivity index (χ4n) is 3.03. The largest absolute Gasteiger partial charge is 0.451 e. The molecular weight excluding hydrogens is 332 g/mol. The van der Waals surface area contributed by atoms with E-state index >= 15 is 0 Å². The van der Waals surface area contributed by atoms with Gasteiger partial charge in [0, 0.05) is 31.2 Å². The number of aryl methyl sites for hydroxylation is 3. The minimum absolute atomic E-state index is 0.254. The lowest BCUT2D eigenvalue weighted by Crippen LogP contribution is -2.29. The van der Waals surface area contributed by atoms with Crippen LogP contribution in [-0.2, 0) is 11.3 Å². The van der Waals surface area contributed by atoms with E-state index in [-0.39, 0.29) is 11.9 Å². The van der Waals surface area contributed by atoms with Gasteiger partial charge in [-0.1, -0.05) is 11.6 Å². The first-order valence-electron chi connectivity index (χ1n) is 8.68. The number of ether oxygens (including phenoxy) is 1. The van der Waals surface area contributed by atoms with Gasteiger partial charge in [0.1, 0.15) is 11.9 Å². The highest BCUT2D eigenvalue weighted by Crippen LogP contribution is 2.26. The summed E-state index contributed by atoms with van der Waals surface area (Å²) in [7, 11) is 1.67. The number of aromatic nitrogens is 3. The van der Waals surface area contributed by atoms with E-state index < -0.39 is 0 Å². The molecule has 0 saturated heterocycles. The molecule has 3 rings (SSSR count). The fraction of sp³-hybridized carbons (Fsp3) is 0.421. The molecule has 1 N–H and O–H groups in total. The first-order chi connectivity index (χ1) is 12.5. The number of amides is 1. The summed E-state index contributed by atoms with van der Waals surface area (Å²) in [5.74, 6) is 0.789. The van der Waals surface area contributed by atoms with Gasteiger partial charge in [0.2, 0.25) is 0 Å². The van der Waals surface area contributed by atoms with Crippen molar-refractivity contribution in [2.24, 2.45) is 0 Å². The number of furan rings is 1. The average molecular weight is 356 g/mol. The topological polar surface area (TPSA) is 82.2 Å². The minimum atomic E-state index is -0.290. The molecule has 0 bridgehead atoms. The highest BCUT2D eigenvalue weighted by Gasteiger charge is 2.22. The number of nitrogens with one attached hydrogen (secondary N) is 1. The van der Waals surface area contributed by atoms with Gasteiger partial charge in [-0.05, 0) is 39.3 Å². The molecule has 0 saturated carbocycles. The number of fused-ring (bicyclic) bond motifs is 1. The van der Waals surface area contributed by atoms with Crippen LogP contribution < -0.4 is 5.32 Å². The van der Waals surface area contributed by atoms with Crippen LogP contribution in [0.15, 0.2) is 28.9 Å². The monoisotopic (exact) mass is 356 g/mol. The fourth-order valence-corrected chi connectivity index (χ4v) is 3.03. The molecule has 138 valence electrons. The Morgan fingerprint density at radius 3 is 2.96 bits per heavy atom. The molecule has 0 fully saturated rings. The maximum absolute atomic E-state index is 12.7. The van der Waals surface area contributed by atoms with Crippen molar-refractivity contribution in [3.05, 3.63) is 47.2 Å². The van der Waals surface area contributed by atoms with E-state index in [1.807, 2.05) is 43.5 Å². The summed E-state index contributed by atoms with van der Waals surface area (Å²) >= 11 is 0. The summed E-state index contributed by atoms with van der Waals surface area (Å²) in [4.78, 5) is 12.7. The van der Waals surface area contributed by atoms with E-state index in [9.17, 15) is 4.79 Å². The molecule has 2 heterocycles. The number of carbonyl (C=O) groups is 1. The van der Waals surface area contributed by atoms with Gasteiger partial charge in [0.05, 0.1) is 6.04 Å². The van der Waals surface area contributed by atoms with Crippen molar-refractivity contribution in [2.45, 2.75) is 39.8 Å². The highest BCUT2D eigenvalue weighted by molar-refractivity contribution is 5.99. The second-order valence-electron chi connectivity index (χ2n) is 6.48. The molecule has 2 aromatic heterocycles. The van der Waals surface area contributed by atoms with Gasteiger partial charge >= 0.3 is 0 Å². The summed E-state index contributed by atoms with van der Waals surface area (Å²) < 4.78 is 12.8. The second kappa shape index (κ2) is 7.70. The van der Waals surface area contributed by atoms with Crippen LogP contribution >= 0.6 is 0 Å².